The minimum atomic E-state index is 0.482. The van der Waals surface area contributed by atoms with Crippen molar-refractivity contribution in [1.82, 2.24) is 9.80 Å². The minimum Gasteiger partial charge on any atom is -0.305 e. The number of hydrogen-bond donors (Lipinski definition) is 0. The van der Waals surface area contributed by atoms with Crippen molar-refractivity contribution in [2.75, 3.05) is 28.2 Å². The van der Waals surface area contributed by atoms with Crippen molar-refractivity contribution in [3.8, 4) is 0 Å². The van der Waals surface area contributed by atoms with E-state index in [9.17, 15) is 0 Å². The summed E-state index contributed by atoms with van der Waals surface area (Å²) in [5.74, 6) is 0.861. The highest BCUT2D eigenvalue weighted by molar-refractivity contribution is 5.19. The highest BCUT2D eigenvalue weighted by Crippen LogP contribution is 2.67. The topological polar surface area (TPSA) is 6.48 Å². The molecular weight excluding hydrogens is 196 g/mol. The monoisotopic (exact) mass is 224 g/mol. The number of nitrogens with zero attached hydrogens (tertiary/aromatic N) is 2. The van der Waals surface area contributed by atoms with E-state index in [1.807, 2.05) is 0 Å². The van der Waals surface area contributed by atoms with Gasteiger partial charge in [-0.25, -0.2) is 0 Å². The second-order valence-corrected chi connectivity index (χ2v) is 7.15. The Morgan fingerprint density at radius 1 is 0.938 bits per heavy atom. The van der Waals surface area contributed by atoms with E-state index in [2.05, 4.69) is 58.8 Å². The lowest BCUT2D eigenvalue weighted by Gasteiger charge is -2.45. The second kappa shape index (κ2) is 3.46. The summed E-state index contributed by atoms with van der Waals surface area (Å²) in [7, 11) is 9.01. The van der Waals surface area contributed by atoms with Crippen LogP contribution in [-0.4, -0.2) is 50.1 Å². The molecule has 2 aliphatic carbocycles. The van der Waals surface area contributed by atoms with Crippen molar-refractivity contribution in [3.63, 3.8) is 0 Å². The van der Waals surface area contributed by atoms with E-state index >= 15 is 0 Å². The molecule has 94 valence electrons. The summed E-state index contributed by atoms with van der Waals surface area (Å²) < 4.78 is 0. The first kappa shape index (κ1) is 12.4. The van der Waals surface area contributed by atoms with Crippen LogP contribution in [0.4, 0.5) is 0 Å². The maximum Gasteiger partial charge on any atom is 0.0307 e. The van der Waals surface area contributed by atoms with Crippen molar-refractivity contribution in [1.29, 1.82) is 0 Å². The van der Waals surface area contributed by atoms with Gasteiger partial charge in [0.25, 0.3) is 0 Å². The van der Waals surface area contributed by atoms with Crippen LogP contribution in [0.2, 0.25) is 0 Å². The lowest BCUT2D eigenvalue weighted by Crippen LogP contribution is -2.53. The molecule has 2 aliphatic rings. The van der Waals surface area contributed by atoms with Crippen molar-refractivity contribution in [3.05, 3.63) is 0 Å². The van der Waals surface area contributed by atoms with Gasteiger partial charge in [-0.15, -0.1) is 0 Å². The molecule has 0 N–H and O–H groups in total. The third-order valence-electron chi connectivity index (χ3n) is 5.91. The van der Waals surface area contributed by atoms with Gasteiger partial charge in [-0.05, 0) is 57.8 Å². The molecule has 4 unspecified atom stereocenters. The van der Waals surface area contributed by atoms with Gasteiger partial charge in [0.15, 0.2) is 0 Å². The Morgan fingerprint density at radius 3 is 1.88 bits per heavy atom. The van der Waals surface area contributed by atoms with Crippen LogP contribution in [0.15, 0.2) is 0 Å². The first-order valence-electron chi connectivity index (χ1n) is 6.56. The molecular formula is C14H28N2. The first-order valence-corrected chi connectivity index (χ1v) is 6.56. The lowest BCUT2D eigenvalue weighted by molar-refractivity contribution is 0.0443. The lowest BCUT2D eigenvalue weighted by atomic mass is 9.69. The Hall–Kier alpha value is -0.0800. The average Bonchev–Trinajstić information content (AvgIpc) is 2.45. The zero-order valence-electron chi connectivity index (χ0n) is 12.0. The molecule has 0 aromatic carbocycles. The van der Waals surface area contributed by atoms with Crippen LogP contribution in [0.25, 0.3) is 0 Å². The summed E-state index contributed by atoms with van der Waals surface area (Å²) in [5, 5.41) is 0. The fourth-order valence-electron chi connectivity index (χ4n) is 4.80. The van der Waals surface area contributed by atoms with Crippen molar-refractivity contribution in [2.24, 2.45) is 16.7 Å². The van der Waals surface area contributed by atoms with Crippen LogP contribution in [0.1, 0.15) is 33.6 Å². The Bertz CT molecular complexity index is 282. The number of rotatable bonds is 2. The second-order valence-electron chi connectivity index (χ2n) is 7.15. The van der Waals surface area contributed by atoms with Gasteiger partial charge in [0.1, 0.15) is 0 Å². The van der Waals surface area contributed by atoms with Gasteiger partial charge in [-0.3, -0.25) is 0 Å². The van der Waals surface area contributed by atoms with Gasteiger partial charge in [0, 0.05) is 12.1 Å². The molecule has 0 heterocycles. The van der Waals surface area contributed by atoms with Crippen LogP contribution >= 0.6 is 0 Å². The normalized spacial score (nSPS) is 45.9. The highest BCUT2D eigenvalue weighted by Gasteiger charge is 2.66. The largest absolute Gasteiger partial charge is 0.305 e. The molecule has 0 amide bonds. The smallest absolute Gasteiger partial charge is 0.0307 e. The van der Waals surface area contributed by atoms with Gasteiger partial charge < -0.3 is 9.80 Å². The molecule has 0 aromatic heterocycles. The maximum atomic E-state index is 2.52. The molecule has 2 saturated carbocycles. The Labute approximate surface area is 101 Å². The zero-order valence-corrected chi connectivity index (χ0v) is 12.0. The summed E-state index contributed by atoms with van der Waals surface area (Å²) in [6.07, 6.45) is 2.81. The SMILES string of the molecule is CN(C)C1C2CCC(C)(C1N(C)C)C2(C)C. The molecule has 0 aromatic rings. The van der Waals surface area contributed by atoms with Crippen LogP contribution in [0.3, 0.4) is 0 Å². The number of hydrogen-bond acceptors (Lipinski definition) is 2. The van der Waals surface area contributed by atoms with Crippen molar-refractivity contribution >= 4 is 0 Å². The summed E-state index contributed by atoms with van der Waals surface area (Å²) >= 11 is 0. The molecule has 0 aliphatic heterocycles. The predicted octanol–water partition coefficient (Wildman–Crippen LogP) is 2.30. The summed E-state index contributed by atoms with van der Waals surface area (Å²) in [6.45, 7) is 7.50. The van der Waals surface area contributed by atoms with E-state index in [-0.39, 0.29) is 0 Å². The van der Waals surface area contributed by atoms with Crippen LogP contribution in [0.5, 0.6) is 0 Å². The molecule has 0 spiro atoms. The maximum absolute atomic E-state index is 2.52. The van der Waals surface area contributed by atoms with Gasteiger partial charge in [-0.1, -0.05) is 20.8 Å². The third-order valence-corrected chi connectivity index (χ3v) is 5.91. The van der Waals surface area contributed by atoms with E-state index in [1.165, 1.54) is 12.8 Å². The fourth-order valence-corrected chi connectivity index (χ4v) is 4.80. The molecule has 0 radical (unpaired) electrons. The number of likely N-dealkylation sites (N-methyl/N-ethyl adjacent to an activating group) is 2. The third kappa shape index (κ3) is 1.26. The van der Waals surface area contributed by atoms with E-state index in [1.54, 1.807) is 0 Å². The Kier molecular flexibility index (Phi) is 2.67. The van der Waals surface area contributed by atoms with Crippen LogP contribution in [-0.2, 0) is 0 Å². The standard InChI is InChI=1S/C14H28N2/c1-13(2)10-8-9-14(13,3)12(16(6)7)11(10)15(4)5/h10-12H,8-9H2,1-7H3. The van der Waals surface area contributed by atoms with E-state index < -0.39 is 0 Å². The van der Waals surface area contributed by atoms with Gasteiger partial charge in [0.2, 0.25) is 0 Å². The van der Waals surface area contributed by atoms with E-state index in [4.69, 9.17) is 0 Å². The Balaban J connectivity index is 2.44. The molecule has 0 saturated heterocycles. The Morgan fingerprint density at radius 2 is 1.50 bits per heavy atom. The molecule has 2 rings (SSSR count). The summed E-state index contributed by atoms with van der Waals surface area (Å²) in [4.78, 5) is 4.92. The zero-order chi connectivity index (χ0) is 12.3. The van der Waals surface area contributed by atoms with Gasteiger partial charge in [0.05, 0.1) is 0 Å². The number of fused-ring (bicyclic) bond motifs is 2. The first-order chi connectivity index (χ1) is 7.23. The fraction of sp³-hybridized carbons (Fsp3) is 1.00. The van der Waals surface area contributed by atoms with Crippen molar-refractivity contribution in [2.45, 2.75) is 45.7 Å². The van der Waals surface area contributed by atoms with Crippen molar-refractivity contribution < 1.29 is 0 Å². The van der Waals surface area contributed by atoms with Gasteiger partial charge in [-0.2, -0.15) is 0 Å². The molecule has 2 heteroatoms. The minimum absolute atomic E-state index is 0.482. The van der Waals surface area contributed by atoms with E-state index in [0.29, 0.717) is 16.9 Å². The molecule has 16 heavy (non-hydrogen) atoms. The van der Waals surface area contributed by atoms with Gasteiger partial charge >= 0.3 is 0 Å². The predicted molar refractivity (Wildman–Crippen MR) is 69.6 cm³/mol. The molecule has 2 nitrogen and oxygen atoms in total. The quantitative estimate of drug-likeness (QED) is 0.710. The van der Waals surface area contributed by atoms with Crippen LogP contribution in [0, 0.1) is 16.7 Å². The molecule has 4 atom stereocenters. The van der Waals surface area contributed by atoms with Crippen LogP contribution < -0.4 is 0 Å². The average molecular weight is 224 g/mol. The molecule has 2 fully saturated rings. The molecule has 2 bridgehead atoms. The van der Waals surface area contributed by atoms with E-state index in [0.717, 1.165) is 12.0 Å². The summed E-state index contributed by atoms with van der Waals surface area (Å²) in [5.41, 5.74) is 0.965. The highest BCUT2D eigenvalue weighted by atomic mass is 15.2. The summed E-state index contributed by atoms with van der Waals surface area (Å²) in [6, 6.07) is 1.43.